The Morgan fingerprint density at radius 2 is 1.73 bits per heavy atom. The van der Waals surface area contributed by atoms with Crippen LogP contribution in [0.4, 0.5) is 10.5 Å². The van der Waals surface area contributed by atoms with Crippen LogP contribution in [0, 0.1) is 5.92 Å². The number of alkyl halides is 2. The van der Waals surface area contributed by atoms with Gasteiger partial charge in [-0.25, -0.2) is 14.6 Å². The molecule has 2 atom stereocenters. The quantitative estimate of drug-likeness (QED) is 0.244. The van der Waals surface area contributed by atoms with Crippen LogP contribution >= 0.6 is 23.2 Å². The fourth-order valence-electron chi connectivity index (χ4n) is 4.23. The zero-order valence-corrected chi connectivity index (χ0v) is 26.1. The van der Waals surface area contributed by atoms with Gasteiger partial charge >= 0.3 is 12.1 Å². The maximum absolute atomic E-state index is 13.5. The number of ether oxygens (including phenoxy) is 2. The van der Waals surface area contributed by atoms with Crippen LogP contribution in [0.1, 0.15) is 53.8 Å². The standard InChI is InChI=1S/C28H43Cl2N5O5/c1-8-39-26(37)22(15-18(2)3)32-25(36)21(33-27(38)40-28(4,5)6)17-24-31-20-16-19(9-10-23(20)34(24)7)35(13-11-29)14-12-30/h9-10,16,18,21-22H,8,11-15,17H2,1-7H3,(H,32,36)(H,33,38)/t21-,22-/m0/s1. The number of hydrogen-bond donors (Lipinski definition) is 2. The number of carbonyl (C=O) groups is 3. The Balaban J connectivity index is 2.40. The smallest absolute Gasteiger partial charge is 0.408 e. The second-order valence-corrected chi connectivity index (χ2v) is 11.7. The van der Waals surface area contributed by atoms with Crippen molar-refractivity contribution in [2.75, 3.05) is 36.4 Å². The zero-order chi connectivity index (χ0) is 30.0. The molecule has 2 amide bonds. The third kappa shape index (κ3) is 10.0. The Morgan fingerprint density at radius 3 is 2.27 bits per heavy atom. The molecule has 12 heteroatoms. The van der Waals surface area contributed by atoms with E-state index in [0.717, 1.165) is 16.7 Å². The molecule has 40 heavy (non-hydrogen) atoms. The molecule has 0 radical (unpaired) electrons. The molecule has 0 saturated heterocycles. The minimum Gasteiger partial charge on any atom is -0.464 e. The summed E-state index contributed by atoms with van der Waals surface area (Å²) in [7, 11) is 1.85. The summed E-state index contributed by atoms with van der Waals surface area (Å²) in [6.07, 6.45) is -0.293. The van der Waals surface area contributed by atoms with Gasteiger partial charge in [0.1, 0.15) is 23.5 Å². The van der Waals surface area contributed by atoms with Crippen LogP contribution in [0.3, 0.4) is 0 Å². The number of halogens is 2. The molecule has 224 valence electrons. The Labute approximate surface area is 247 Å². The van der Waals surface area contributed by atoms with Crippen molar-refractivity contribution in [3.63, 3.8) is 0 Å². The molecule has 1 heterocycles. The molecule has 2 aromatic rings. The number of nitrogens with one attached hydrogen (secondary N) is 2. The van der Waals surface area contributed by atoms with Gasteiger partial charge in [-0.3, -0.25) is 4.79 Å². The molecular weight excluding hydrogens is 557 g/mol. The number of alkyl carbamates (subject to hydrolysis) is 1. The highest BCUT2D eigenvalue weighted by Crippen LogP contribution is 2.23. The van der Waals surface area contributed by atoms with Gasteiger partial charge in [0.2, 0.25) is 5.91 Å². The van der Waals surface area contributed by atoms with E-state index in [1.807, 2.05) is 43.7 Å². The van der Waals surface area contributed by atoms with E-state index >= 15 is 0 Å². The molecule has 2 rings (SSSR count). The number of carbonyl (C=O) groups excluding carboxylic acids is 3. The molecule has 0 spiro atoms. The first-order chi connectivity index (χ1) is 18.8. The first-order valence-electron chi connectivity index (χ1n) is 13.6. The fourth-order valence-corrected chi connectivity index (χ4v) is 4.64. The van der Waals surface area contributed by atoms with Gasteiger partial charge < -0.3 is 29.6 Å². The van der Waals surface area contributed by atoms with Gasteiger partial charge in [-0.05, 0) is 58.2 Å². The van der Waals surface area contributed by atoms with Crippen LogP contribution in [-0.4, -0.2) is 76.7 Å². The number of amides is 2. The topological polar surface area (TPSA) is 115 Å². The van der Waals surface area contributed by atoms with Crippen LogP contribution in [-0.2, 0) is 32.5 Å². The first-order valence-corrected chi connectivity index (χ1v) is 14.6. The monoisotopic (exact) mass is 599 g/mol. The average Bonchev–Trinajstić information content (AvgIpc) is 3.16. The SMILES string of the molecule is CCOC(=O)[C@H](CC(C)C)NC(=O)[C@H](Cc1nc2cc(N(CCCl)CCCl)ccc2n1C)NC(=O)OC(C)(C)C. The van der Waals surface area contributed by atoms with Gasteiger partial charge in [0.25, 0.3) is 0 Å². The van der Waals surface area contributed by atoms with Crippen molar-refractivity contribution in [2.45, 2.75) is 72.1 Å². The number of imidazole rings is 1. The molecule has 0 aliphatic rings. The Bertz CT molecular complexity index is 1140. The average molecular weight is 601 g/mol. The van der Waals surface area contributed by atoms with Gasteiger partial charge in [0, 0.05) is 44.0 Å². The van der Waals surface area contributed by atoms with Crippen molar-refractivity contribution in [2.24, 2.45) is 13.0 Å². The molecule has 0 aliphatic carbocycles. The van der Waals surface area contributed by atoms with Crippen LogP contribution in [0.5, 0.6) is 0 Å². The Morgan fingerprint density at radius 1 is 1.07 bits per heavy atom. The summed E-state index contributed by atoms with van der Waals surface area (Å²) in [5.41, 5.74) is 1.76. The van der Waals surface area contributed by atoms with E-state index in [9.17, 15) is 14.4 Å². The summed E-state index contributed by atoms with van der Waals surface area (Å²) in [4.78, 5) is 45.6. The van der Waals surface area contributed by atoms with Gasteiger partial charge in [-0.2, -0.15) is 0 Å². The lowest BCUT2D eigenvalue weighted by Gasteiger charge is -2.25. The highest BCUT2D eigenvalue weighted by molar-refractivity contribution is 6.18. The Hall–Kier alpha value is -2.72. The van der Waals surface area contributed by atoms with Crippen molar-refractivity contribution in [1.29, 1.82) is 0 Å². The zero-order valence-electron chi connectivity index (χ0n) is 24.6. The summed E-state index contributed by atoms with van der Waals surface area (Å²) in [6.45, 7) is 12.3. The number of anilines is 1. The number of aromatic nitrogens is 2. The van der Waals surface area contributed by atoms with Gasteiger partial charge in [-0.15, -0.1) is 23.2 Å². The van der Waals surface area contributed by atoms with Crippen molar-refractivity contribution < 1.29 is 23.9 Å². The largest absolute Gasteiger partial charge is 0.464 e. The lowest BCUT2D eigenvalue weighted by molar-refractivity contribution is -0.148. The van der Waals surface area contributed by atoms with E-state index < -0.39 is 35.7 Å². The highest BCUT2D eigenvalue weighted by Gasteiger charge is 2.31. The minimum absolute atomic E-state index is 0.0654. The third-order valence-electron chi connectivity index (χ3n) is 6.02. The van der Waals surface area contributed by atoms with Crippen molar-refractivity contribution in [1.82, 2.24) is 20.2 Å². The van der Waals surface area contributed by atoms with Crippen molar-refractivity contribution in [3.05, 3.63) is 24.0 Å². The molecule has 0 saturated carbocycles. The summed E-state index contributed by atoms with van der Waals surface area (Å²) in [5, 5.41) is 5.44. The number of hydrogen-bond acceptors (Lipinski definition) is 7. The van der Waals surface area contributed by atoms with Crippen LogP contribution in [0.25, 0.3) is 11.0 Å². The molecule has 10 nitrogen and oxygen atoms in total. The normalized spacial score (nSPS) is 13.2. The lowest BCUT2D eigenvalue weighted by Crippen LogP contribution is -2.53. The predicted molar refractivity (Wildman–Crippen MR) is 159 cm³/mol. The molecule has 1 aromatic heterocycles. The van der Waals surface area contributed by atoms with E-state index in [0.29, 0.717) is 37.1 Å². The second-order valence-electron chi connectivity index (χ2n) is 11.0. The molecule has 2 N–H and O–H groups in total. The molecule has 1 aromatic carbocycles. The maximum atomic E-state index is 13.5. The fraction of sp³-hybridized carbons (Fsp3) is 0.643. The van der Waals surface area contributed by atoms with Crippen LogP contribution < -0.4 is 15.5 Å². The van der Waals surface area contributed by atoms with Crippen LogP contribution in [0.2, 0.25) is 0 Å². The van der Waals surface area contributed by atoms with Gasteiger partial charge in [0.05, 0.1) is 17.6 Å². The van der Waals surface area contributed by atoms with E-state index in [1.54, 1.807) is 27.7 Å². The van der Waals surface area contributed by atoms with Gasteiger partial charge in [-0.1, -0.05) is 13.8 Å². The summed E-state index contributed by atoms with van der Waals surface area (Å²) >= 11 is 12.0. The van der Waals surface area contributed by atoms with E-state index in [1.165, 1.54) is 0 Å². The second kappa shape index (κ2) is 15.3. The number of aryl methyl sites for hydroxylation is 1. The molecule has 0 aliphatic heterocycles. The molecule has 0 unspecified atom stereocenters. The van der Waals surface area contributed by atoms with Gasteiger partial charge in [0.15, 0.2) is 0 Å². The number of rotatable bonds is 14. The molecule has 0 bridgehead atoms. The highest BCUT2D eigenvalue weighted by atomic mass is 35.5. The predicted octanol–water partition coefficient (Wildman–Crippen LogP) is 4.39. The number of fused-ring (bicyclic) bond motifs is 1. The van der Waals surface area contributed by atoms with Crippen molar-refractivity contribution in [3.8, 4) is 0 Å². The minimum atomic E-state index is -1.06. The summed E-state index contributed by atoms with van der Waals surface area (Å²) in [6, 6.07) is 3.97. The third-order valence-corrected chi connectivity index (χ3v) is 6.36. The first kappa shape index (κ1) is 33.5. The number of nitrogens with zero attached hydrogens (tertiary/aromatic N) is 3. The molecule has 0 fully saturated rings. The summed E-state index contributed by atoms with van der Waals surface area (Å²) < 4.78 is 12.5. The maximum Gasteiger partial charge on any atom is 0.408 e. The van der Waals surface area contributed by atoms with Crippen LogP contribution in [0.15, 0.2) is 18.2 Å². The van der Waals surface area contributed by atoms with Crippen molar-refractivity contribution >= 4 is 57.9 Å². The number of benzene rings is 1. The van der Waals surface area contributed by atoms with E-state index in [-0.39, 0.29) is 18.9 Å². The van der Waals surface area contributed by atoms with E-state index in [2.05, 4.69) is 15.5 Å². The lowest BCUT2D eigenvalue weighted by atomic mass is 10.0. The molecular formula is C28H43Cl2N5O5. The Kier molecular flexibility index (Phi) is 12.8. The van der Waals surface area contributed by atoms with E-state index in [4.69, 9.17) is 37.7 Å². The summed E-state index contributed by atoms with van der Waals surface area (Å²) in [5.74, 6) is 0.555. The number of esters is 1.